The highest BCUT2D eigenvalue weighted by Gasteiger charge is 2.12. The van der Waals surface area contributed by atoms with Crippen molar-refractivity contribution in [2.45, 2.75) is 0 Å². The number of carbonyl (C=O) groups excluding carboxylic acids is 2. The summed E-state index contributed by atoms with van der Waals surface area (Å²) >= 11 is 4.75. The molecule has 2 aromatic carbocycles. The Labute approximate surface area is 179 Å². The maximum Gasteiger partial charge on any atom is 0.265 e. The SMILES string of the molecule is O=C(Nc1ccccc1-n1cc(Br)cn1)c1ccc(NC(=O)c2cccs2)cc1. The van der Waals surface area contributed by atoms with Crippen LogP contribution in [0.5, 0.6) is 0 Å². The fraction of sp³-hybridized carbons (Fsp3) is 0. The number of benzene rings is 2. The number of thiophene rings is 1. The second-order valence-electron chi connectivity index (χ2n) is 6.08. The minimum Gasteiger partial charge on any atom is -0.321 e. The molecule has 0 radical (unpaired) electrons. The van der Waals surface area contributed by atoms with Crippen molar-refractivity contribution in [1.82, 2.24) is 9.78 Å². The molecule has 29 heavy (non-hydrogen) atoms. The van der Waals surface area contributed by atoms with Crippen molar-refractivity contribution in [3.63, 3.8) is 0 Å². The molecule has 0 unspecified atom stereocenters. The molecule has 0 bridgehead atoms. The van der Waals surface area contributed by atoms with E-state index in [1.165, 1.54) is 11.3 Å². The van der Waals surface area contributed by atoms with Crippen LogP contribution in [0, 0.1) is 0 Å². The molecule has 0 aliphatic carbocycles. The van der Waals surface area contributed by atoms with E-state index in [9.17, 15) is 9.59 Å². The molecule has 2 aromatic heterocycles. The second-order valence-corrected chi connectivity index (χ2v) is 7.95. The van der Waals surface area contributed by atoms with Crippen LogP contribution in [-0.2, 0) is 0 Å². The van der Waals surface area contributed by atoms with Crippen LogP contribution < -0.4 is 10.6 Å². The van der Waals surface area contributed by atoms with E-state index in [-0.39, 0.29) is 11.8 Å². The number of halogens is 1. The average molecular weight is 467 g/mol. The third kappa shape index (κ3) is 4.44. The third-order valence-electron chi connectivity index (χ3n) is 4.10. The Morgan fingerprint density at radius 1 is 0.931 bits per heavy atom. The number of anilines is 2. The molecule has 144 valence electrons. The van der Waals surface area contributed by atoms with Gasteiger partial charge in [-0.15, -0.1) is 11.3 Å². The molecule has 0 aliphatic heterocycles. The van der Waals surface area contributed by atoms with Gasteiger partial charge in [-0.2, -0.15) is 5.10 Å². The molecule has 0 saturated heterocycles. The first kappa shape index (κ1) is 19.1. The summed E-state index contributed by atoms with van der Waals surface area (Å²) in [5, 5.41) is 11.8. The molecular weight excluding hydrogens is 452 g/mol. The van der Waals surface area contributed by atoms with Crippen LogP contribution in [0.4, 0.5) is 11.4 Å². The van der Waals surface area contributed by atoms with Crippen molar-refractivity contribution in [2.75, 3.05) is 10.6 Å². The Morgan fingerprint density at radius 2 is 1.72 bits per heavy atom. The Bertz CT molecular complexity index is 1150. The predicted molar refractivity (Wildman–Crippen MR) is 118 cm³/mol. The maximum absolute atomic E-state index is 12.7. The summed E-state index contributed by atoms with van der Waals surface area (Å²) in [6.07, 6.45) is 3.50. The molecule has 2 amide bonds. The molecule has 0 fully saturated rings. The predicted octanol–water partition coefficient (Wildman–Crippen LogP) is 5.20. The molecule has 2 heterocycles. The number of rotatable bonds is 5. The van der Waals surface area contributed by atoms with Gasteiger partial charge in [0.25, 0.3) is 11.8 Å². The van der Waals surface area contributed by atoms with E-state index in [1.54, 1.807) is 41.2 Å². The Balaban J connectivity index is 1.48. The molecule has 2 N–H and O–H groups in total. The minimum absolute atomic E-state index is 0.170. The van der Waals surface area contributed by atoms with Gasteiger partial charge in [-0.25, -0.2) is 4.68 Å². The van der Waals surface area contributed by atoms with Crippen LogP contribution in [-0.4, -0.2) is 21.6 Å². The monoisotopic (exact) mass is 466 g/mol. The molecule has 0 atom stereocenters. The van der Waals surface area contributed by atoms with Gasteiger partial charge in [0.1, 0.15) is 0 Å². The van der Waals surface area contributed by atoms with E-state index in [0.717, 1.165) is 10.2 Å². The first-order valence-electron chi connectivity index (χ1n) is 8.66. The van der Waals surface area contributed by atoms with Gasteiger partial charge in [0, 0.05) is 17.4 Å². The third-order valence-corrected chi connectivity index (χ3v) is 5.38. The van der Waals surface area contributed by atoms with Gasteiger partial charge < -0.3 is 10.6 Å². The van der Waals surface area contributed by atoms with Crippen molar-refractivity contribution < 1.29 is 9.59 Å². The summed E-state index contributed by atoms with van der Waals surface area (Å²) in [7, 11) is 0. The zero-order valence-electron chi connectivity index (χ0n) is 15.0. The van der Waals surface area contributed by atoms with Crippen molar-refractivity contribution in [3.8, 4) is 5.69 Å². The molecule has 4 aromatic rings. The zero-order valence-corrected chi connectivity index (χ0v) is 17.4. The number of hydrogen-bond donors (Lipinski definition) is 2. The van der Waals surface area contributed by atoms with Gasteiger partial charge in [0.2, 0.25) is 0 Å². The van der Waals surface area contributed by atoms with Gasteiger partial charge in [0.05, 0.1) is 26.9 Å². The van der Waals surface area contributed by atoms with E-state index < -0.39 is 0 Å². The van der Waals surface area contributed by atoms with E-state index >= 15 is 0 Å². The smallest absolute Gasteiger partial charge is 0.265 e. The molecule has 6 nitrogen and oxygen atoms in total. The quantitative estimate of drug-likeness (QED) is 0.424. The Kier molecular flexibility index (Phi) is 5.55. The lowest BCUT2D eigenvalue weighted by Crippen LogP contribution is -2.14. The van der Waals surface area contributed by atoms with Crippen molar-refractivity contribution in [1.29, 1.82) is 0 Å². The Morgan fingerprint density at radius 3 is 2.41 bits per heavy atom. The van der Waals surface area contributed by atoms with Crippen LogP contribution >= 0.6 is 27.3 Å². The normalized spacial score (nSPS) is 10.5. The number of hydrogen-bond acceptors (Lipinski definition) is 4. The fourth-order valence-corrected chi connectivity index (χ4v) is 3.62. The lowest BCUT2D eigenvalue weighted by molar-refractivity contribution is 0.102. The second kappa shape index (κ2) is 8.42. The van der Waals surface area contributed by atoms with Crippen LogP contribution in [0.3, 0.4) is 0 Å². The molecule has 0 spiro atoms. The van der Waals surface area contributed by atoms with Gasteiger partial charge in [-0.05, 0) is 63.8 Å². The summed E-state index contributed by atoms with van der Waals surface area (Å²) in [5.74, 6) is -0.420. The van der Waals surface area contributed by atoms with Crippen molar-refractivity contribution in [3.05, 3.63) is 93.4 Å². The average Bonchev–Trinajstić information content (AvgIpc) is 3.41. The van der Waals surface area contributed by atoms with Crippen LogP contribution in [0.1, 0.15) is 20.0 Å². The highest BCUT2D eigenvalue weighted by Crippen LogP contribution is 2.22. The summed E-state index contributed by atoms with van der Waals surface area (Å²) < 4.78 is 2.53. The molecule has 8 heteroatoms. The van der Waals surface area contributed by atoms with E-state index in [0.29, 0.717) is 21.8 Å². The highest BCUT2D eigenvalue weighted by atomic mass is 79.9. The van der Waals surface area contributed by atoms with Gasteiger partial charge in [0.15, 0.2) is 0 Å². The first-order chi connectivity index (χ1) is 14.1. The van der Waals surface area contributed by atoms with Crippen LogP contribution in [0.25, 0.3) is 5.69 Å². The lowest BCUT2D eigenvalue weighted by atomic mass is 10.1. The zero-order chi connectivity index (χ0) is 20.2. The lowest BCUT2D eigenvalue weighted by Gasteiger charge is -2.11. The van der Waals surface area contributed by atoms with Crippen molar-refractivity contribution >= 4 is 50.5 Å². The topological polar surface area (TPSA) is 76.0 Å². The summed E-state index contributed by atoms with van der Waals surface area (Å²) in [4.78, 5) is 25.4. The number of carbonyl (C=O) groups is 2. The largest absolute Gasteiger partial charge is 0.321 e. The highest BCUT2D eigenvalue weighted by molar-refractivity contribution is 9.10. The number of nitrogens with one attached hydrogen (secondary N) is 2. The standard InChI is InChI=1S/C21H15BrN4O2S/c22-15-12-23-26(13-15)18-5-2-1-4-17(18)25-20(27)14-7-9-16(10-8-14)24-21(28)19-6-3-11-29-19/h1-13H,(H,24,28)(H,25,27). The van der Waals surface area contributed by atoms with Gasteiger partial charge >= 0.3 is 0 Å². The van der Waals surface area contributed by atoms with E-state index in [2.05, 4.69) is 31.7 Å². The summed E-state index contributed by atoms with van der Waals surface area (Å²) in [6.45, 7) is 0. The molecular formula is C21H15BrN4O2S. The Hall–Kier alpha value is -3.23. The van der Waals surface area contributed by atoms with Crippen LogP contribution in [0.2, 0.25) is 0 Å². The van der Waals surface area contributed by atoms with Crippen LogP contribution in [0.15, 0.2) is 82.9 Å². The number of aromatic nitrogens is 2. The number of para-hydroxylation sites is 2. The molecule has 0 saturated carbocycles. The summed E-state index contributed by atoms with van der Waals surface area (Å²) in [5.41, 5.74) is 2.51. The first-order valence-corrected chi connectivity index (χ1v) is 10.3. The van der Waals surface area contributed by atoms with E-state index in [1.807, 2.05) is 41.9 Å². The number of nitrogens with zero attached hydrogens (tertiary/aromatic N) is 2. The van der Waals surface area contributed by atoms with Gasteiger partial charge in [-0.3, -0.25) is 9.59 Å². The minimum atomic E-state index is -0.250. The fourth-order valence-electron chi connectivity index (χ4n) is 2.71. The molecule has 4 rings (SSSR count). The molecule has 0 aliphatic rings. The van der Waals surface area contributed by atoms with Crippen molar-refractivity contribution in [2.24, 2.45) is 0 Å². The maximum atomic E-state index is 12.7. The summed E-state index contributed by atoms with van der Waals surface area (Å²) in [6, 6.07) is 17.8. The van der Waals surface area contributed by atoms with Gasteiger partial charge in [-0.1, -0.05) is 18.2 Å². The number of amides is 2. The van der Waals surface area contributed by atoms with E-state index in [4.69, 9.17) is 0 Å².